The van der Waals surface area contributed by atoms with Gasteiger partial charge in [0, 0.05) is 0 Å². The van der Waals surface area contributed by atoms with Gasteiger partial charge in [-0.15, -0.1) is 0 Å². The quantitative estimate of drug-likeness (QED) is 0.722. The number of rotatable bonds is 3. The maximum absolute atomic E-state index is 10.8. The Morgan fingerprint density at radius 1 is 1.17 bits per heavy atom. The number of benzene rings is 2. The van der Waals surface area contributed by atoms with E-state index in [2.05, 4.69) is 26.6 Å². The normalized spacial score (nSPS) is 16.2. The summed E-state index contributed by atoms with van der Waals surface area (Å²) in [5.74, 6) is 2.48. The van der Waals surface area contributed by atoms with Gasteiger partial charge in [-0.2, -0.15) is 0 Å². The molecule has 3 aromatic rings. The molecule has 0 saturated heterocycles. The molecule has 0 saturated carbocycles. The number of aromatic nitrogens is 2. The third-order valence-corrected chi connectivity index (χ3v) is 4.73. The summed E-state index contributed by atoms with van der Waals surface area (Å²) in [6.07, 6.45) is -0.623. The van der Waals surface area contributed by atoms with Crippen LogP contribution in [0.15, 0.2) is 42.5 Å². The zero-order valence-corrected chi connectivity index (χ0v) is 13.1. The molecule has 0 unspecified atom stereocenters. The van der Waals surface area contributed by atoms with E-state index in [-0.39, 0.29) is 6.79 Å². The number of hydrogen-bond donors (Lipinski definition) is 2. The van der Waals surface area contributed by atoms with Crippen LogP contribution in [0.4, 0.5) is 5.95 Å². The summed E-state index contributed by atoms with van der Waals surface area (Å²) in [5, 5.41) is 14.2. The van der Waals surface area contributed by atoms with Crippen LogP contribution in [-0.4, -0.2) is 23.0 Å². The predicted molar refractivity (Wildman–Crippen MR) is 88.1 cm³/mol. The molecular weight excluding hydrogens is 306 g/mol. The molecule has 1 atom stereocenters. The lowest BCUT2D eigenvalue weighted by atomic mass is 10.1. The molecule has 122 valence electrons. The lowest BCUT2D eigenvalue weighted by molar-refractivity contribution is -0.644. The van der Waals surface area contributed by atoms with Gasteiger partial charge >= 0.3 is 5.95 Å². The summed E-state index contributed by atoms with van der Waals surface area (Å²) in [4.78, 5) is 0. The van der Waals surface area contributed by atoms with Crippen molar-refractivity contribution in [2.24, 2.45) is 0 Å². The minimum atomic E-state index is -0.623. The number of nitrogens with one attached hydrogen (secondary N) is 1. The number of aliphatic hydroxyl groups is 1. The predicted octanol–water partition coefficient (Wildman–Crippen LogP) is 1.82. The largest absolute Gasteiger partial charge is 0.454 e. The summed E-state index contributed by atoms with van der Waals surface area (Å²) in [5.41, 5.74) is 3.14. The van der Waals surface area contributed by atoms with Gasteiger partial charge in [0.1, 0.15) is 30.2 Å². The SMILES string of the molecule is O[C@@H](Cn1c2[n+](c3ccccc31)CCN2)c1ccc2c(c1)OCO2. The molecule has 5 rings (SSSR count). The Morgan fingerprint density at radius 3 is 3.00 bits per heavy atom. The Morgan fingerprint density at radius 2 is 2.04 bits per heavy atom. The van der Waals surface area contributed by atoms with Gasteiger partial charge in [-0.1, -0.05) is 18.2 Å². The highest BCUT2D eigenvalue weighted by Crippen LogP contribution is 2.35. The fourth-order valence-corrected chi connectivity index (χ4v) is 3.57. The summed E-state index contributed by atoms with van der Waals surface area (Å²) in [7, 11) is 0. The number of para-hydroxylation sites is 2. The van der Waals surface area contributed by atoms with Crippen LogP contribution in [0.2, 0.25) is 0 Å². The van der Waals surface area contributed by atoms with Gasteiger partial charge in [0.25, 0.3) is 0 Å². The number of aliphatic hydroxyl groups excluding tert-OH is 1. The van der Waals surface area contributed by atoms with E-state index in [4.69, 9.17) is 9.47 Å². The van der Waals surface area contributed by atoms with Crippen LogP contribution >= 0.6 is 0 Å². The van der Waals surface area contributed by atoms with Crippen molar-refractivity contribution in [1.82, 2.24) is 4.57 Å². The summed E-state index contributed by atoms with van der Waals surface area (Å²) in [6, 6.07) is 13.9. The molecule has 0 spiro atoms. The third kappa shape index (κ3) is 1.96. The Labute approximate surface area is 138 Å². The Bertz CT molecular complexity index is 935. The molecular formula is C18H18N3O3+. The van der Waals surface area contributed by atoms with Crippen molar-refractivity contribution in [2.45, 2.75) is 19.2 Å². The summed E-state index contributed by atoms with van der Waals surface area (Å²) in [6.45, 7) is 2.59. The highest BCUT2D eigenvalue weighted by Gasteiger charge is 2.29. The first-order valence-corrected chi connectivity index (χ1v) is 8.14. The molecule has 0 radical (unpaired) electrons. The van der Waals surface area contributed by atoms with Crippen molar-refractivity contribution in [2.75, 3.05) is 18.7 Å². The van der Waals surface area contributed by atoms with Crippen molar-refractivity contribution >= 4 is 17.0 Å². The Kier molecular flexibility index (Phi) is 2.93. The molecule has 2 N–H and O–H groups in total. The number of anilines is 1. The fraction of sp³-hybridized carbons (Fsp3) is 0.278. The fourth-order valence-electron chi connectivity index (χ4n) is 3.57. The van der Waals surface area contributed by atoms with Crippen LogP contribution in [0.1, 0.15) is 11.7 Å². The molecule has 24 heavy (non-hydrogen) atoms. The maximum Gasteiger partial charge on any atom is 0.358 e. The molecule has 6 heteroatoms. The number of imidazole rings is 1. The minimum Gasteiger partial charge on any atom is -0.454 e. The molecule has 0 fully saturated rings. The lowest BCUT2D eigenvalue weighted by Gasteiger charge is -2.11. The van der Waals surface area contributed by atoms with Gasteiger partial charge in [-0.25, -0.2) is 9.13 Å². The van der Waals surface area contributed by atoms with Gasteiger partial charge in [-0.3, -0.25) is 5.32 Å². The first-order valence-electron chi connectivity index (χ1n) is 8.14. The second-order valence-corrected chi connectivity index (χ2v) is 6.13. The Hall–Kier alpha value is -2.73. The van der Waals surface area contributed by atoms with Crippen LogP contribution in [0.25, 0.3) is 11.0 Å². The average Bonchev–Trinajstić information content (AvgIpc) is 3.31. The maximum atomic E-state index is 10.8. The van der Waals surface area contributed by atoms with E-state index in [1.165, 1.54) is 5.52 Å². The number of fused-ring (bicyclic) bond motifs is 4. The third-order valence-electron chi connectivity index (χ3n) is 4.73. The standard InChI is InChI=1S/C18H17N3O3/c22-15(12-5-6-16-17(9-12)24-11-23-16)10-21-14-4-2-1-3-13(14)20-8-7-19-18(20)21/h1-6,9,15,22H,7-8,10-11H2/p+1/t15-/m0/s1. The summed E-state index contributed by atoms with van der Waals surface area (Å²) < 4.78 is 15.2. The van der Waals surface area contributed by atoms with Crippen LogP contribution in [-0.2, 0) is 13.1 Å². The van der Waals surface area contributed by atoms with E-state index in [0.29, 0.717) is 12.3 Å². The van der Waals surface area contributed by atoms with Gasteiger partial charge in [0.15, 0.2) is 11.5 Å². The molecule has 0 amide bonds. The van der Waals surface area contributed by atoms with Crippen LogP contribution in [0.5, 0.6) is 11.5 Å². The monoisotopic (exact) mass is 324 g/mol. The zero-order valence-electron chi connectivity index (χ0n) is 13.1. The average molecular weight is 324 g/mol. The van der Waals surface area contributed by atoms with Gasteiger partial charge in [0.05, 0.1) is 6.54 Å². The van der Waals surface area contributed by atoms with Crippen molar-refractivity contribution in [3.05, 3.63) is 48.0 Å². The van der Waals surface area contributed by atoms with Gasteiger partial charge in [0.2, 0.25) is 6.79 Å². The highest BCUT2D eigenvalue weighted by atomic mass is 16.7. The van der Waals surface area contributed by atoms with E-state index >= 15 is 0 Å². The zero-order chi connectivity index (χ0) is 16.1. The smallest absolute Gasteiger partial charge is 0.358 e. The minimum absolute atomic E-state index is 0.241. The van der Waals surface area contributed by atoms with E-state index in [0.717, 1.165) is 35.9 Å². The molecule has 3 heterocycles. The van der Waals surface area contributed by atoms with E-state index in [1.54, 1.807) is 0 Å². The lowest BCUT2D eigenvalue weighted by Crippen LogP contribution is -2.29. The van der Waals surface area contributed by atoms with Crippen molar-refractivity contribution in [3.63, 3.8) is 0 Å². The molecule has 6 nitrogen and oxygen atoms in total. The van der Waals surface area contributed by atoms with Gasteiger partial charge in [-0.05, 0) is 29.8 Å². The molecule has 0 aliphatic carbocycles. The summed E-state index contributed by atoms with van der Waals surface area (Å²) >= 11 is 0. The molecule has 1 aromatic heterocycles. The second-order valence-electron chi connectivity index (χ2n) is 6.13. The van der Waals surface area contributed by atoms with Crippen LogP contribution in [0.3, 0.4) is 0 Å². The van der Waals surface area contributed by atoms with Crippen molar-refractivity contribution in [1.29, 1.82) is 0 Å². The number of hydrogen-bond acceptors (Lipinski definition) is 4. The first kappa shape index (κ1) is 13.7. The van der Waals surface area contributed by atoms with Crippen molar-refractivity contribution < 1.29 is 19.1 Å². The molecule has 2 aromatic carbocycles. The number of ether oxygens (including phenoxy) is 2. The highest BCUT2D eigenvalue weighted by molar-refractivity contribution is 5.74. The van der Waals surface area contributed by atoms with E-state index in [1.807, 2.05) is 30.3 Å². The van der Waals surface area contributed by atoms with E-state index in [9.17, 15) is 5.11 Å². The number of nitrogens with zero attached hydrogens (tertiary/aromatic N) is 2. The topological polar surface area (TPSA) is 59.5 Å². The first-order chi connectivity index (χ1) is 11.8. The van der Waals surface area contributed by atoms with Crippen molar-refractivity contribution in [3.8, 4) is 11.5 Å². The Balaban J connectivity index is 1.53. The molecule has 2 aliphatic heterocycles. The van der Waals surface area contributed by atoms with E-state index < -0.39 is 6.10 Å². The van der Waals surface area contributed by atoms with Gasteiger partial charge < -0.3 is 14.6 Å². The van der Waals surface area contributed by atoms with Crippen LogP contribution in [0, 0.1) is 0 Å². The van der Waals surface area contributed by atoms with Crippen LogP contribution < -0.4 is 19.4 Å². The second kappa shape index (κ2) is 5.14. The molecule has 2 aliphatic rings. The molecule has 0 bridgehead atoms.